The number of halogens is 1. The van der Waals surface area contributed by atoms with E-state index in [1.54, 1.807) is 12.1 Å². The van der Waals surface area contributed by atoms with Crippen LogP contribution in [0.25, 0.3) is 0 Å². The van der Waals surface area contributed by atoms with E-state index in [4.69, 9.17) is 5.11 Å². The van der Waals surface area contributed by atoms with Gasteiger partial charge in [-0.2, -0.15) is 0 Å². The van der Waals surface area contributed by atoms with Gasteiger partial charge in [-0.3, -0.25) is 0 Å². The van der Waals surface area contributed by atoms with E-state index in [9.17, 15) is 4.79 Å². The molecule has 0 bridgehead atoms. The maximum atomic E-state index is 11.1. The number of rotatable bonds is 3. The summed E-state index contributed by atoms with van der Waals surface area (Å²) >= 11 is 3.36. The maximum Gasteiger partial charge on any atom is 0.335 e. The van der Waals surface area contributed by atoms with Crippen molar-refractivity contribution < 1.29 is 9.90 Å². The fourth-order valence-electron chi connectivity index (χ4n) is 2.21. The molecule has 0 fully saturated rings. The summed E-state index contributed by atoms with van der Waals surface area (Å²) in [5.41, 5.74) is 4.53. The Kier molecular flexibility index (Phi) is 4.14. The minimum absolute atomic E-state index is 0.269. The molecule has 0 saturated carbocycles. The molecule has 0 heterocycles. The number of carboxylic acid groups (broad SMARTS) is 1. The van der Waals surface area contributed by atoms with Crippen molar-refractivity contribution in [3.8, 4) is 0 Å². The van der Waals surface area contributed by atoms with Gasteiger partial charge < -0.3 is 10.0 Å². The van der Waals surface area contributed by atoms with Crippen LogP contribution in [0, 0.1) is 13.8 Å². The Morgan fingerprint density at radius 3 is 2.45 bits per heavy atom. The maximum absolute atomic E-state index is 11.1. The van der Waals surface area contributed by atoms with Crippen LogP contribution in [0.2, 0.25) is 0 Å². The third-order valence-corrected chi connectivity index (χ3v) is 3.69. The Balaban J connectivity index is 2.47. The lowest BCUT2D eigenvalue weighted by Crippen LogP contribution is -2.12. The zero-order valence-corrected chi connectivity index (χ0v) is 13.2. The van der Waals surface area contributed by atoms with E-state index in [0.29, 0.717) is 0 Å². The molecular weight excluding hydrogens is 318 g/mol. The van der Waals surface area contributed by atoms with Gasteiger partial charge in [0.05, 0.1) is 5.56 Å². The van der Waals surface area contributed by atoms with E-state index < -0.39 is 5.97 Å². The number of aryl methyl sites for hydroxylation is 2. The summed E-state index contributed by atoms with van der Waals surface area (Å²) in [5.74, 6) is -0.929. The number of aromatic carboxylic acids is 1. The first-order chi connectivity index (χ1) is 9.38. The molecule has 0 aliphatic heterocycles. The summed E-state index contributed by atoms with van der Waals surface area (Å²) in [5, 5.41) is 9.14. The Bertz CT molecular complexity index is 668. The lowest BCUT2D eigenvalue weighted by Gasteiger charge is -2.22. The van der Waals surface area contributed by atoms with Gasteiger partial charge in [0.1, 0.15) is 0 Å². The van der Waals surface area contributed by atoms with Crippen LogP contribution in [0.4, 0.5) is 11.4 Å². The van der Waals surface area contributed by atoms with E-state index >= 15 is 0 Å². The lowest BCUT2D eigenvalue weighted by atomic mass is 10.1. The molecule has 2 aromatic carbocycles. The molecule has 0 radical (unpaired) electrons. The number of nitrogens with zero attached hydrogens (tertiary/aromatic N) is 1. The molecule has 3 nitrogen and oxygen atoms in total. The largest absolute Gasteiger partial charge is 0.478 e. The summed E-state index contributed by atoms with van der Waals surface area (Å²) in [6, 6.07) is 11.4. The van der Waals surface area contributed by atoms with Crippen molar-refractivity contribution in [1.29, 1.82) is 0 Å². The predicted octanol–water partition coefficient (Wildman–Crippen LogP) is 4.53. The van der Waals surface area contributed by atoms with Gasteiger partial charge >= 0.3 is 5.97 Å². The Morgan fingerprint density at radius 2 is 1.85 bits per heavy atom. The van der Waals surface area contributed by atoms with Crippen molar-refractivity contribution in [2.24, 2.45) is 0 Å². The molecule has 0 aromatic heterocycles. The van der Waals surface area contributed by atoms with Crippen molar-refractivity contribution >= 4 is 33.3 Å². The number of carboxylic acids is 1. The summed E-state index contributed by atoms with van der Waals surface area (Å²) in [6.07, 6.45) is 0. The first-order valence-corrected chi connectivity index (χ1v) is 7.02. The first-order valence-electron chi connectivity index (χ1n) is 6.23. The van der Waals surface area contributed by atoms with Crippen LogP contribution < -0.4 is 4.90 Å². The highest BCUT2D eigenvalue weighted by molar-refractivity contribution is 9.10. The van der Waals surface area contributed by atoms with Gasteiger partial charge in [0.15, 0.2) is 0 Å². The monoisotopic (exact) mass is 333 g/mol. The summed E-state index contributed by atoms with van der Waals surface area (Å²) < 4.78 is 0.754. The Morgan fingerprint density at radius 1 is 1.15 bits per heavy atom. The number of anilines is 2. The molecule has 0 atom stereocenters. The molecule has 0 aliphatic carbocycles. The fourth-order valence-corrected chi connectivity index (χ4v) is 2.69. The van der Waals surface area contributed by atoms with Crippen LogP contribution in [0.3, 0.4) is 0 Å². The number of carbonyl (C=O) groups is 1. The minimum Gasteiger partial charge on any atom is -0.478 e. The first kappa shape index (κ1) is 14.6. The molecule has 2 rings (SSSR count). The molecular formula is C16H16BrNO2. The van der Waals surface area contributed by atoms with Crippen molar-refractivity contribution in [2.45, 2.75) is 13.8 Å². The quantitative estimate of drug-likeness (QED) is 0.896. The normalized spacial score (nSPS) is 10.4. The molecule has 0 amide bonds. The lowest BCUT2D eigenvalue weighted by molar-refractivity contribution is 0.0697. The average Bonchev–Trinajstić information content (AvgIpc) is 2.37. The summed E-state index contributed by atoms with van der Waals surface area (Å²) in [7, 11) is 1.94. The zero-order valence-electron chi connectivity index (χ0n) is 11.6. The minimum atomic E-state index is -0.929. The third kappa shape index (κ3) is 3.02. The van der Waals surface area contributed by atoms with Crippen molar-refractivity contribution in [2.75, 3.05) is 11.9 Å². The van der Waals surface area contributed by atoms with E-state index in [2.05, 4.69) is 41.9 Å². The van der Waals surface area contributed by atoms with Gasteiger partial charge in [-0.05, 0) is 43.7 Å². The van der Waals surface area contributed by atoms with E-state index in [1.807, 2.05) is 24.1 Å². The molecule has 2 aromatic rings. The summed E-state index contributed by atoms with van der Waals surface area (Å²) in [4.78, 5) is 13.1. The second kappa shape index (κ2) is 5.67. The highest BCUT2D eigenvalue weighted by Crippen LogP contribution is 2.30. The number of hydrogen-bond acceptors (Lipinski definition) is 2. The van der Waals surface area contributed by atoms with Crippen LogP contribution in [-0.2, 0) is 0 Å². The smallest absolute Gasteiger partial charge is 0.335 e. The molecule has 20 heavy (non-hydrogen) atoms. The average molecular weight is 334 g/mol. The summed E-state index contributed by atoms with van der Waals surface area (Å²) in [6.45, 7) is 4.10. The molecule has 1 N–H and O–H groups in total. The van der Waals surface area contributed by atoms with Crippen molar-refractivity contribution in [3.63, 3.8) is 0 Å². The predicted molar refractivity (Wildman–Crippen MR) is 85.1 cm³/mol. The van der Waals surface area contributed by atoms with Crippen LogP contribution in [0.15, 0.2) is 40.9 Å². The second-order valence-electron chi connectivity index (χ2n) is 4.85. The molecule has 0 saturated heterocycles. The second-order valence-corrected chi connectivity index (χ2v) is 5.77. The van der Waals surface area contributed by atoms with Gasteiger partial charge in [0.2, 0.25) is 0 Å². The highest BCUT2D eigenvalue weighted by Gasteiger charge is 2.11. The van der Waals surface area contributed by atoms with Gasteiger partial charge in [-0.25, -0.2) is 4.79 Å². The van der Waals surface area contributed by atoms with Crippen LogP contribution in [0.1, 0.15) is 21.5 Å². The molecule has 4 heteroatoms. The fraction of sp³-hybridized carbons (Fsp3) is 0.188. The molecule has 104 valence electrons. The Hall–Kier alpha value is -1.81. The van der Waals surface area contributed by atoms with E-state index in [-0.39, 0.29) is 5.56 Å². The van der Waals surface area contributed by atoms with Crippen LogP contribution >= 0.6 is 15.9 Å². The zero-order chi connectivity index (χ0) is 14.9. The van der Waals surface area contributed by atoms with E-state index in [1.165, 1.54) is 5.56 Å². The van der Waals surface area contributed by atoms with Gasteiger partial charge in [-0.15, -0.1) is 0 Å². The Labute approximate surface area is 127 Å². The van der Waals surface area contributed by atoms with Crippen LogP contribution in [0.5, 0.6) is 0 Å². The van der Waals surface area contributed by atoms with E-state index in [0.717, 1.165) is 21.4 Å². The van der Waals surface area contributed by atoms with Crippen LogP contribution in [-0.4, -0.2) is 18.1 Å². The van der Waals surface area contributed by atoms with Gasteiger partial charge in [0.25, 0.3) is 0 Å². The number of hydrogen-bond donors (Lipinski definition) is 1. The SMILES string of the molecule is Cc1ccc(N(C)c2cc(Br)cc(C(=O)O)c2)c(C)c1. The highest BCUT2D eigenvalue weighted by atomic mass is 79.9. The molecule has 0 spiro atoms. The van der Waals surface area contributed by atoms with Crippen molar-refractivity contribution in [3.05, 3.63) is 57.6 Å². The number of benzene rings is 2. The van der Waals surface area contributed by atoms with Gasteiger partial charge in [0, 0.05) is 22.9 Å². The van der Waals surface area contributed by atoms with Gasteiger partial charge in [-0.1, -0.05) is 33.6 Å². The molecule has 0 aliphatic rings. The standard InChI is InChI=1S/C16H16BrNO2/c1-10-4-5-15(11(2)6-10)18(3)14-8-12(16(19)20)7-13(17)9-14/h4-9H,1-3H3,(H,19,20). The third-order valence-electron chi connectivity index (χ3n) is 3.23. The van der Waals surface area contributed by atoms with Crippen molar-refractivity contribution in [1.82, 2.24) is 0 Å². The molecule has 0 unspecified atom stereocenters. The topological polar surface area (TPSA) is 40.5 Å².